The molecule has 0 atom stereocenters. The van der Waals surface area contributed by atoms with Crippen molar-refractivity contribution in [2.24, 2.45) is 5.92 Å². The Morgan fingerprint density at radius 1 is 1.22 bits per heavy atom. The maximum atomic E-state index is 12.7. The lowest BCUT2D eigenvalue weighted by Gasteiger charge is -2.31. The average Bonchev–Trinajstić information content (AvgIpc) is 2.54. The molecule has 5 nitrogen and oxygen atoms in total. The van der Waals surface area contributed by atoms with Crippen LogP contribution in [0.3, 0.4) is 0 Å². The number of rotatable bonds is 5. The second kappa shape index (κ2) is 7.68. The fraction of sp³-hybridized carbons (Fsp3) is 0.562. The molecule has 1 aromatic rings. The van der Waals surface area contributed by atoms with E-state index in [1.54, 1.807) is 23.9 Å². The first kappa shape index (κ1) is 18.3. The Labute approximate surface area is 142 Å². The summed E-state index contributed by atoms with van der Waals surface area (Å²) in [5.41, 5.74) is 0. The van der Waals surface area contributed by atoms with Crippen LogP contribution in [0.1, 0.15) is 26.7 Å². The van der Waals surface area contributed by atoms with E-state index in [0.29, 0.717) is 30.8 Å². The minimum atomic E-state index is -3.47. The molecule has 1 aromatic carbocycles. The molecule has 2 rings (SSSR count). The van der Waals surface area contributed by atoms with Crippen molar-refractivity contribution in [3.63, 3.8) is 0 Å². The molecule has 23 heavy (non-hydrogen) atoms. The van der Waals surface area contributed by atoms with Gasteiger partial charge in [0, 0.05) is 29.9 Å². The number of nitrogens with zero attached hydrogens (tertiary/aromatic N) is 1. The highest BCUT2D eigenvalue weighted by Gasteiger charge is 2.32. The van der Waals surface area contributed by atoms with Crippen LogP contribution in [-0.4, -0.2) is 44.0 Å². The average molecular weight is 357 g/mol. The van der Waals surface area contributed by atoms with E-state index in [0.717, 1.165) is 4.90 Å². The molecule has 0 bridgehead atoms. The summed E-state index contributed by atoms with van der Waals surface area (Å²) in [7, 11) is -3.47. The summed E-state index contributed by atoms with van der Waals surface area (Å²) in [5.74, 6) is -0.0657. The molecule has 1 fully saturated rings. The summed E-state index contributed by atoms with van der Waals surface area (Å²) >= 11 is 1.58. The number of amides is 1. The number of nitrogens with one attached hydrogen (secondary N) is 1. The number of piperidine rings is 1. The van der Waals surface area contributed by atoms with Crippen molar-refractivity contribution in [2.45, 2.75) is 42.5 Å². The number of thioether (sulfide) groups is 1. The van der Waals surface area contributed by atoms with Crippen LogP contribution < -0.4 is 5.32 Å². The first-order valence-corrected chi connectivity index (χ1v) is 10.5. The standard InChI is InChI=1S/C16H24N2O3S2/c1-12(2)17-16(19)13-8-10-18(11-9-13)23(20,21)15-6-4-14(22-3)5-7-15/h4-7,12-13H,8-11H2,1-3H3,(H,17,19). The summed E-state index contributed by atoms with van der Waals surface area (Å²) in [6, 6.07) is 7.05. The lowest BCUT2D eigenvalue weighted by Crippen LogP contribution is -2.44. The lowest BCUT2D eigenvalue weighted by atomic mass is 9.97. The Balaban J connectivity index is 2.01. The molecule has 1 aliphatic heterocycles. The highest BCUT2D eigenvalue weighted by Crippen LogP contribution is 2.25. The van der Waals surface area contributed by atoms with Gasteiger partial charge in [-0.3, -0.25) is 4.79 Å². The molecule has 0 unspecified atom stereocenters. The van der Waals surface area contributed by atoms with Gasteiger partial charge in [0.25, 0.3) is 0 Å². The van der Waals surface area contributed by atoms with Crippen molar-refractivity contribution in [3.8, 4) is 0 Å². The Bertz CT molecular complexity index is 634. The molecule has 1 saturated heterocycles. The van der Waals surface area contributed by atoms with Crippen LogP contribution in [0.2, 0.25) is 0 Å². The zero-order valence-electron chi connectivity index (χ0n) is 13.8. The topological polar surface area (TPSA) is 66.5 Å². The van der Waals surface area contributed by atoms with E-state index < -0.39 is 10.0 Å². The highest BCUT2D eigenvalue weighted by atomic mass is 32.2. The van der Waals surface area contributed by atoms with E-state index in [-0.39, 0.29) is 17.9 Å². The van der Waals surface area contributed by atoms with Crippen LogP contribution in [0.25, 0.3) is 0 Å². The van der Waals surface area contributed by atoms with Crippen LogP contribution in [0.4, 0.5) is 0 Å². The van der Waals surface area contributed by atoms with Crippen molar-refractivity contribution in [1.29, 1.82) is 0 Å². The Kier molecular flexibility index (Phi) is 6.11. The molecule has 0 aliphatic carbocycles. The van der Waals surface area contributed by atoms with E-state index in [2.05, 4.69) is 5.32 Å². The van der Waals surface area contributed by atoms with E-state index in [9.17, 15) is 13.2 Å². The van der Waals surface area contributed by atoms with E-state index in [4.69, 9.17) is 0 Å². The third-order valence-corrected chi connectivity index (χ3v) is 6.61. The van der Waals surface area contributed by atoms with Gasteiger partial charge in [0.1, 0.15) is 0 Å². The molecule has 1 N–H and O–H groups in total. The van der Waals surface area contributed by atoms with Crippen LogP contribution in [0, 0.1) is 5.92 Å². The molecule has 0 aromatic heterocycles. The molecule has 1 aliphatic rings. The molecule has 128 valence electrons. The fourth-order valence-electron chi connectivity index (χ4n) is 2.66. The summed E-state index contributed by atoms with van der Waals surface area (Å²) in [5, 5.41) is 2.90. The van der Waals surface area contributed by atoms with Crippen molar-refractivity contribution in [1.82, 2.24) is 9.62 Å². The quantitative estimate of drug-likeness (QED) is 0.823. The SMILES string of the molecule is CSc1ccc(S(=O)(=O)N2CCC(C(=O)NC(C)C)CC2)cc1. The Morgan fingerprint density at radius 3 is 2.26 bits per heavy atom. The first-order chi connectivity index (χ1) is 10.8. The first-order valence-electron chi connectivity index (χ1n) is 7.79. The van der Waals surface area contributed by atoms with Gasteiger partial charge in [-0.05, 0) is 57.2 Å². The molecule has 0 radical (unpaired) electrons. The van der Waals surface area contributed by atoms with Crippen molar-refractivity contribution >= 4 is 27.7 Å². The number of hydrogen-bond donors (Lipinski definition) is 1. The van der Waals surface area contributed by atoms with Gasteiger partial charge in [-0.15, -0.1) is 11.8 Å². The Morgan fingerprint density at radius 2 is 1.78 bits per heavy atom. The number of sulfonamides is 1. The second-order valence-corrected chi connectivity index (χ2v) is 8.83. The van der Waals surface area contributed by atoms with Crippen molar-refractivity contribution < 1.29 is 13.2 Å². The monoisotopic (exact) mass is 356 g/mol. The largest absolute Gasteiger partial charge is 0.354 e. The third kappa shape index (κ3) is 4.49. The second-order valence-electron chi connectivity index (χ2n) is 6.02. The lowest BCUT2D eigenvalue weighted by molar-refractivity contribution is -0.126. The zero-order valence-corrected chi connectivity index (χ0v) is 15.4. The van der Waals surface area contributed by atoms with E-state index in [1.807, 2.05) is 32.2 Å². The predicted molar refractivity (Wildman–Crippen MR) is 93.0 cm³/mol. The predicted octanol–water partition coefficient (Wildman–Crippen LogP) is 2.33. The normalized spacial score (nSPS) is 17.4. The summed E-state index contributed by atoms with van der Waals surface area (Å²) in [6.45, 7) is 4.64. The van der Waals surface area contributed by atoms with Crippen LogP contribution in [0.5, 0.6) is 0 Å². The van der Waals surface area contributed by atoms with Crippen LogP contribution in [-0.2, 0) is 14.8 Å². The number of benzene rings is 1. The summed E-state index contributed by atoms with van der Waals surface area (Å²) in [4.78, 5) is 13.4. The van der Waals surface area contributed by atoms with Crippen molar-refractivity contribution in [2.75, 3.05) is 19.3 Å². The summed E-state index contributed by atoms with van der Waals surface area (Å²) in [6.07, 6.45) is 3.10. The minimum absolute atomic E-state index is 0.0290. The molecular formula is C16H24N2O3S2. The summed E-state index contributed by atoms with van der Waals surface area (Å²) < 4.78 is 26.8. The van der Waals surface area contributed by atoms with Gasteiger partial charge >= 0.3 is 0 Å². The van der Waals surface area contributed by atoms with Gasteiger partial charge in [-0.2, -0.15) is 4.31 Å². The van der Waals surface area contributed by atoms with Gasteiger partial charge in [-0.25, -0.2) is 8.42 Å². The highest BCUT2D eigenvalue weighted by molar-refractivity contribution is 7.98. The molecule has 0 saturated carbocycles. The zero-order chi connectivity index (χ0) is 17.0. The van der Waals surface area contributed by atoms with Crippen LogP contribution in [0.15, 0.2) is 34.1 Å². The van der Waals surface area contributed by atoms with E-state index in [1.165, 1.54) is 4.31 Å². The van der Waals surface area contributed by atoms with Gasteiger partial charge in [-0.1, -0.05) is 0 Å². The number of hydrogen-bond acceptors (Lipinski definition) is 4. The van der Waals surface area contributed by atoms with Gasteiger partial charge in [0.05, 0.1) is 4.90 Å². The Hall–Kier alpha value is -1.05. The van der Waals surface area contributed by atoms with Crippen LogP contribution >= 0.6 is 11.8 Å². The number of carbonyl (C=O) groups excluding carboxylic acids is 1. The van der Waals surface area contributed by atoms with Crippen molar-refractivity contribution in [3.05, 3.63) is 24.3 Å². The molecule has 1 amide bonds. The van der Waals surface area contributed by atoms with E-state index >= 15 is 0 Å². The van der Waals surface area contributed by atoms with Gasteiger partial charge in [0.15, 0.2) is 0 Å². The number of carbonyl (C=O) groups is 1. The maximum absolute atomic E-state index is 12.7. The fourth-order valence-corrected chi connectivity index (χ4v) is 4.54. The smallest absolute Gasteiger partial charge is 0.243 e. The van der Waals surface area contributed by atoms with Gasteiger partial charge < -0.3 is 5.32 Å². The molecule has 7 heteroatoms. The molecule has 0 spiro atoms. The minimum Gasteiger partial charge on any atom is -0.354 e. The molecule has 1 heterocycles. The third-order valence-electron chi connectivity index (χ3n) is 3.95. The van der Waals surface area contributed by atoms with Gasteiger partial charge in [0.2, 0.25) is 15.9 Å². The maximum Gasteiger partial charge on any atom is 0.243 e. The molecular weight excluding hydrogens is 332 g/mol.